The van der Waals surface area contributed by atoms with Crippen LogP contribution in [0.2, 0.25) is 0 Å². The molecule has 0 aliphatic heterocycles. The molecule has 0 spiro atoms. The Bertz CT molecular complexity index is 1060. The summed E-state index contributed by atoms with van der Waals surface area (Å²) in [7, 11) is 1.55. The van der Waals surface area contributed by atoms with Crippen LogP contribution in [0.5, 0.6) is 11.5 Å². The summed E-state index contributed by atoms with van der Waals surface area (Å²) in [5, 5.41) is 4.09. The number of ether oxygens (including phenoxy) is 2. The number of anilines is 1. The Morgan fingerprint density at radius 3 is 2.35 bits per heavy atom. The van der Waals surface area contributed by atoms with Gasteiger partial charge in [-0.1, -0.05) is 28.1 Å². The zero-order chi connectivity index (χ0) is 22.4. The molecule has 0 aliphatic carbocycles. The first-order valence-electron chi connectivity index (χ1n) is 8.97. The molecule has 9 heteroatoms. The molecule has 1 N–H and O–H groups in total. The molecule has 4 nitrogen and oxygen atoms in total. The van der Waals surface area contributed by atoms with Gasteiger partial charge in [0, 0.05) is 4.47 Å². The van der Waals surface area contributed by atoms with Gasteiger partial charge < -0.3 is 9.47 Å². The maximum atomic E-state index is 12.6. The van der Waals surface area contributed by atoms with Crippen molar-refractivity contribution in [1.29, 1.82) is 0 Å². The number of methoxy groups -OCH3 is 1. The summed E-state index contributed by atoms with van der Waals surface area (Å²) in [4.78, 5) is 0. The number of nitrogens with one attached hydrogen (secondary N) is 1. The number of hydrogen-bond donors (Lipinski definition) is 1. The predicted octanol–water partition coefficient (Wildman–Crippen LogP) is 7.11. The van der Waals surface area contributed by atoms with E-state index in [1.807, 2.05) is 30.3 Å². The molecule has 0 saturated heterocycles. The van der Waals surface area contributed by atoms with Crippen LogP contribution in [-0.2, 0) is 12.8 Å². The van der Waals surface area contributed by atoms with E-state index in [0.29, 0.717) is 23.8 Å². The molecule has 162 valence electrons. The molecule has 0 aliphatic rings. The molecule has 0 amide bonds. The smallest absolute Gasteiger partial charge is 0.416 e. The summed E-state index contributed by atoms with van der Waals surface area (Å²) in [6.07, 6.45) is -2.81. The Labute approximate surface area is 199 Å². The first-order valence-corrected chi connectivity index (χ1v) is 10.8. The highest BCUT2D eigenvalue weighted by atomic mass is 127. The third-order valence-electron chi connectivity index (χ3n) is 4.17. The molecule has 0 radical (unpaired) electrons. The number of hydrogen-bond acceptors (Lipinski definition) is 4. The van der Waals surface area contributed by atoms with Crippen LogP contribution < -0.4 is 14.9 Å². The van der Waals surface area contributed by atoms with Crippen molar-refractivity contribution in [3.63, 3.8) is 0 Å². The van der Waals surface area contributed by atoms with Crippen molar-refractivity contribution >= 4 is 50.4 Å². The molecule has 0 fully saturated rings. The van der Waals surface area contributed by atoms with Crippen molar-refractivity contribution in [3.05, 3.63) is 85.4 Å². The second-order valence-electron chi connectivity index (χ2n) is 6.39. The predicted molar refractivity (Wildman–Crippen MR) is 127 cm³/mol. The molecule has 3 aromatic carbocycles. The van der Waals surface area contributed by atoms with Crippen molar-refractivity contribution < 1.29 is 22.6 Å². The summed E-state index contributed by atoms with van der Waals surface area (Å²) in [5.74, 6) is 1.18. The summed E-state index contributed by atoms with van der Waals surface area (Å²) in [5.41, 5.74) is 4.22. The molecule has 0 aromatic heterocycles. The molecule has 0 saturated carbocycles. The van der Waals surface area contributed by atoms with E-state index in [1.54, 1.807) is 19.4 Å². The average Bonchev–Trinajstić information content (AvgIpc) is 2.73. The molecular formula is C22H17BrF3IN2O2. The number of rotatable bonds is 7. The minimum Gasteiger partial charge on any atom is -0.493 e. The summed E-state index contributed by atoms with van der Waals surface area (Å²) < 4.78 is 51.1. The fraction of sp³-hybridized carbons (Fsp3) is 0.136. The van der Waals surface area contributed by atoms with Gasteiger partial charge in [-0.2, -0.15) is 18.3 Å². The summed E-state index contributed by atoms with van der Waals surface area (Å²) in [6, 6.07) is 16.1. The topological polar surface area (TPSA) is 42.8 Å². The quantitative estimate of drug-likeness (QED) is 0.178. The molecule has 0 unspecified atom stereocenters. The Hall–Kier alpha value is -2.27. The second-order valence-corrected chi connectivity index (χ2v) is 8.47. The van der Waals surface area contributed by atoms with Gasteiger partial charge in [-0.05, 0) is 82.2 Å². The summed E-state index contributed by atoms with van der Waals surface area (Å²) in [6.45, 7) is 0.391. The summed E-state index contributed by atoms with van der Waals surface area (Å²) >= 11 is 5.56. The van der Waals surface area contributed by atoms with Crippen LogP contribution in [0, 0.1) is 3.57 Å². The highest BCUT2D eigenvalue weighted by Crippen LogP contribution is 2.34. The number of hydrazone groups is 1. The first kappa shape index (κ1) is 23.4. The van der Waals surface area contributed by atoms with Crippen LogP contribution in [0.1, 0.15) is 16.7 Å². The van der Waals surface area contributed by atoms with Crippen molar-refractivity contribution in [3.8, 4) is 11.5 Å². The van der Waals surface area contributed by atoms with Crippen LogP contribution >= 0.6 is 38.5 Å². The van der Waals surface area contributed by atoms with E-state index in [4.69, 9.17) is 9.47 Å². The van der Waals surface area contributed by atoms with E-state index in [9.17, 15) is 13.2 Å². The third-order valence-corrected chi connectivity index (χ3v) is 5.50. The van der Waals surface area contributed by atoms with Crippen LogP contribution in [0.4, 0.5) is 18.9 Å². The highest BCUT2D eigenvalue weighted by molar-refractivity contribution is 14.1. The lowest BCUT2D eigenvalue weighted by Gasteiger charge is -2.13. The van der Waals surface area contributed by atoms with Gasteiger partial charge >= 0.3 is 6.18 Å². The molecule has 3 aromatic rings. The minimum absolute atomic E-state index is 0.391. The molecule has 0 atom stereocenters. The Kier molecular flexibility index (Phi) is 7.82. The zero-order valence-corrected chi connectivity index (χ0v) is 20.0. The number of benzene rings is 3. The lowest BCUT2D eigenvalue weighted by molar-refractivity contribution is -0.137. The largest absolute Gasteiger partial charge is 0.493 e. The Balaban J connectivity index is 1.68. The lowest BCUT2D eigenvalue weighted by atomic mass is 10.2. The highest BCUT2D eigenvalue weighted by Gasteiger charge is 2.29. The van der Waals surface area contributed by atoms with E-state index in [1.165, 1.54) is 12.1 Å². The van der Waals surface area contributed by atoms with E-state index < -0.39 is 11.7 Å². The van der Waals surface area contributed by atoms with Crippen LogP contribution in [0.15, 0.2) is 70.2 Å². The van der Waals surface area contributed by atoms with Gasteiger partial charge in [0.15, 0.2) is 11.5 Å². The lowest BCUT2D eigenvalue weighted by Crippen LogP contribution is -2.04. The first-order chi connectivity index (χ1) is 14.8. The molecular weight excluding hydrogens is 588 g/mol. The Morgan fingerprint density at radius 1 is 1.06 bits per heavy atom. The minimum atomic E-state index is -4.36. The number of alkyl halides is 3. The fourth-order valence-corrected chi connectivity index (χ4v) is 3.65. The number of nitrogens with zero attached hydrogens (tertiary/aromatic N) is 1. The maximum absolute atomic E-state index is 12.6. The van der Waals surface area contributed by atoms with Crippen LogP contribution in [-0.4, -0.2) is 13.3 Å². The molecule has 31 heavy (non-hydrogen) atoms. The van der Waals surface area contributed by atoms with Crippen LogP contribution in [0.3, 0.4) is 0 Å². The van der Waals surface area contributed by atoms with Gasteiger partial charge in [0.05, 0.1) is 28.1 Å². The van der Waals surface area contributed by atoms with Crippen LogP contribution in [0.25, 0.3) is 0 Å². The average molecular weight is 605 g/mol. The molecule has 3 rings (SSSR count). The molecule has 0 heterocycles. The van der Waals surface area contributed by atoms with Crippen molar-refractivity contribution in [2.75, 3.05) is 12.5 Å². The van der Waals surface area contributed by atoms with Crippen molar-refractivity contribution in [2.24, 2.45) is 5.10 Å². The normalized spacial score (nSPS) is 11.5. The van der Waals surface area contributed by atoms with Crippen molar-refractivity contribution in [2.45, 2.75) is 12.8 Å². The van der Waals surface area contributed by atoms with E-state index in [0.717, 1.165) is 31.3 Å². The second kappa shape index (κ2) is 10.4. The van der Waals surface area contributed by atoms with Gasteiger partial charge in [0.2, 0.25) is 0 Å². The standard InChI is InChI=1S/C22H17BrF3IN2O2/c1-30-20-11-15(12-28-29-18-8-4-16(5-9-18)22(24,25)26)10-19(27)21(20)31-13-14-2-6-17(23)7-3-14/h2-12,29H,13H2,1H3/b28-12+. The number of halogens is 5. The fourth-order valence-electron chi connectivity index (χ4n) is 2.61. The van der Waals surface area contributed by atoms with Gasteiger partial charge in [-0.3, -0.25) is 5.43 Å². The zero-order valence-electron chi connectivity index (χ0n) is 16.2. The van der Waals surface area contributed by atoms with E-state index >= 15 is 0 Å². The maximum Gasteiger partial charge on any atom is 0.416 e. The monoisotopic (exact) mass is 604 g/mol. The molecule has 0 bridgehead atoms. The van der Waals surface area contributed by atoms with E-state index in [2.05, 4.69) is 49.0 Å². The Morgan fingerprint density at radius 2 is 1.74 bits per heavy atom. The van der Waals surface area contributed by atoms with Gasteiger partial charge in [0.1, 0.15) is 6.61 Å². The van der Waals surface area contributed by atoms with Crippen molar-refractivity contribution in [1.82, 2.24) is 0 Å². The van der Waals surface area contributed by atoms with E-state index in [-0.39, 0.29) is 0 Å². The van der Waals surface area contributed by atoms with Gasteiger partial charge in [-0.25, -0.2) is 0 Å². The van der Waals surface area contributed by atoms with Gasteiger partial charge in [0.25, 0.3) is 0 Å². The third kappa shape index (κ3) is 6.60. The van der Waals surface area contributed by atoms with Gasteiger partial charge in [-0.15, -0.1) is 0 Å². The SMILES string of the molecule is COc1cc(/C=N/Nc2ccc(C(F)(F)F)cc2)cc(I)c1OCc1ccc(Br)cc1.